The average molecular weight is 288 g/mol. The number of carbonyl (C=O) groups excluding carboxylic acids is 1. The highest BCUT2D eigenvalue weighted by atomic mass is 35.5. The molecule has 0 amide bonds. The van der Waals surface area contributed by atoms with Crippen LogP contribution in [0.25, 0.3) is 0 Å². The van der Waals surface area contributed by atoms with Gasteiger partial charge < -0.3 is 4.74 Å². The molecule has 0 saturated carbocycles. The minimum absolute atomic E-state index is 0.107. The number of hydrogen-bond donors (Lipinski definition) is 0. The number of nitrogens with zero attached hydrogens (tertiary/aromatic N) is 1. The lowest BCUT2D eigenvalue weighted by molar-refractivity contribution is -0.124. The molecule has 0 aromatic heterocycles. The maximum atomic E-state index is 11.9. The molecule has 1 aliphatic rings. The van der Waals surface area contributed by atoms with Crippen molar-refractivity contribution in [3.8, 4) is 0 Å². The van der Waals surface area contributed by atoms with Crippen molar-refractivity contribution in [3.05, 3.63) is 33.8 Å². The van der Waals surface area contributed by atoms with Crippen molar-refractivity contribution in [3.63, 3.8) is 0 Å². The van der Waals surface area contributed by atoms with E-state index >= 15 is 0 Å². The zero-order valence-corrected chi connectivity index (χ0v) is 11.7. The first-order chi connectivity index (χ1) is 8.59. The highest BCUT2D eigenvalue weighted by Gasteiger charge is 2.26. The number of benzene rings is 1. The Morgan fingerprint density at radius 1 is 1.28 bits per heavy atom. The van der Waals surface area contributed by atoms with Crippen molar-refractivity contribution in [1.82, 2.24) is 4.90 Å². The fourth-order valence-electron chi connectivity index (χ4n) is 2.22. The number of ketones is 1. The SMILES string of the molecule is CC(=O)C(c1ccc(Cl)c(Cl)c1)N1CCOCC1. The maximum Gasteiger partial charge on any atom is 0.151 e. The van der Waals surface area contributed by atoms with Crippen molar-refractivity contribution in [1.29, 1.82) is 0 Å². The van der Waals surface area contributed by atoms with Gasteiger partial charge in [-0.05, 0) is 24.6 Å². The van der Waals surface area contributed by atoms with Gasteiger partial charge in [0, 0.05) is 13.1 Å². The molecule has 0 radical (unpaired) electrons. The fraction of sp³-hybridized carbons (Fsp3) is 0.462. The molecule has 0 bridgehead atoms. The second-order valence-electron chi connectivity index (χ2n) is 4.34. The van der Waals surface area contributed by atoms with E-state index in [1.54, 1.807) is 19.1 Å². The summed E-state index contributed by atoms with van der Waals surface area (Å²) in [6.07, 6.45) is 0. The molecular weight excluding hydrogens is 273 g/mol. The first-order valence-electron chi connectivity index (χ1n) is 5.87. The first kappa shape index (κ1) is 13.8. The Labute approximate surface area is 117 Å². The van der Waals surface area contributed by atoms with Gasteiger partial charge in [0.05, 0.1) is 29.3 Å². The van der Waals surface area contributed by atoms with E-state index in [0.29, 0.717) is 23.3 Å². The summed E-state index contributed by atoms with van der Waals surface area (Å²) in [5, 5.41) is 0.985. The van der Waals surface area contributed by atoms with Gasteiger partial charge in [-0.2, -0.15) is 0 Å². The van der Waals surface area contributed by atoms with Crippen molar-refractivity contribution in [2.75, 3.05) is 26.3 Å². The minimum Gasteiger partial charge on any atom is -0.379 e. The Morgan fingerprint density at radius 3 is 2.50 bits per heavy atom. The standard InChI is InChI=1S/C13H15Cl2NO2/c1-9(17)13(16-4-6-18-7-5-16)10-2-3-11(14)12(15)8-10/h2-3,8,13H,4-7H2,1H3. The van der Waals surface area contributed by atoms with E-state index in [4.69, 9.17) is 27.9 Å². The van der Waals surface area contributed by atoms with Crippen LogP contribution < -0.4 is 0 Å². The summed E-state index contributed by atoms with van der Waals surface area (Å²) in [6.45, 7) is 4.42. The van der Waals surface area contributed by atoms with Gasteiger partial charge in [-0.15, -0.1) is 0 Å². The molecule has 0 N–H and O–H groups in total. The molecule has 98 valence electrons. The van der Waals surface area contributed by atoms with Crippen LogP contribution in [0.4, 0.5) is 0 Å². The topological polar surface area (TPSA) is 29.5 Å². The predicted molar refractivity (Wildman–Crippen MR) is 72.3 cm³/mol. The number of carbonyl (C=O) groups is 1. The van der Waals surface area contributed by atoms with Gasteiger partial charge in [0.1, 0.15) is 0 Å². The van der Waals surface area contributed by atoms with Crippen LogP contribution in [0.15, 0.2) is 18.2 Å². The third-order valence-corrected chi connectivity index (χ3v) is 3.79. The predicted octanol–water partition coefficient (Wildman–Crippen LogP) is 2.96. The Hall–Kier alpha value is -0.610. The third-order valence-electron chi connectivity index (χ3n) is 3.06. The fourth-order valence-corrected chi connectivity index (χ4v) is 2.53. The molecule has 1 saturated heterocycles. The van der Waals surface area contributed by atoms with E-state index < -0.39 is 0 Å². The molecule has 1 heterocycles. The van der Waals surface area contributed by atoms with Gasteiger partial charge in [0.2, 0.25) is 0 Å². The number of ether oxygens (including phenoxy) is 1. The number of rotatable bonds is 3. The molecule has 1 aliphatic heterocycles. The van der Waals surface area contributed by atoms with Crippen LogP contribution in [0, 0.1) is 0 Å². The second-order valence-corrected chi connectivity index (χ2v) is 5.15. The van der Waals surface area contributed by atoms with E-state index in [1.807, 2.05) is 6.07 Å². The van der Waals surface area contributed by atoms with E-state index in [2.05, 4.69) is 4.90 Å². The molecule has 1 atom stereocenters. The summed E-state index contributed by atoms with van der Waals surface area (Å²) < 4.78 is 5.31. The molecule has 1 aromatic rings. The largest absolute Gasteiger partial charge is 0.379 e. The van der Waals surface area contributed by atoms with Crippen LogP contribution >= 0.6 is 23.2 Å². The smallest absolute Gasteiger partial charge is 0.151 e. The normalized spacial score (nSPS) is 18.6. The van der Waals surface area contributed by atoms with Gasteiger partial charge >= 0.3 is 0 Å². The summed E-state index contributed by atoms with van der Waals surface area (Å²) in [7, 11) is 0. The molecular formula is C13H15Cl2NO2. The Morgan fingerprint density at radius 2 is 1.94 bits per heavy atom. The van der Waals surface area contributed by atoms with Gasteiger partial charge in [-0.3, -0.25) is 9.69 Å². The van der Waals surface area contributed by atoms with E-state index in [9.17, 15) is 4.79 Å². The molecule has 3 nitrogen and oxygen atoms in total. The van der Waals surface area contributed by atoms with Crippen molar-refractivity contribution in [2.45, 2.75) is 13.0 Å². The lowest BCUT2D eigenvalue weighted by Crippen LogP contribution is -2.41. The second kappa shape index (κ2) is 6.02. The van der Waals surface area contributed by atoms with Crippen LogP contribution in [-0.4, -0.2) is 37.0 Å². The molecule has 5 heteroatoms. The first-order valence-corrected chi connectivity index (χ1v) is 6.62. The van der Waals surface area contributed by atoms with Crippen LogP contribution in [0.5, 0.6) is 0 Å². The molecule has 18 heavy (non-hydrogen) atoms. The van der Waals surface area contributed by atoms with Gasteiger partial charge in [0.25, 0.3) is 0 Å². The molecule has 0 aliphatic carbocycles. The zero-order chi connectivity index (χ0) is 13.1. The lowest BCUT2D eigenvalue weighted by atomic mass is 10.0. The van der Waals surface area contributed by atoms with Crippen LogP contribution in [-0.2, 0) is 9.53 Å². The molecule has 1 unspecified atom stereocenters. The molecule has 2 rings (SSSR count). The number of morpholine rings is 1. The average Bonchev–Trinajstić information content (AvgIpc) is 2.35. The number of hydrogen-bond acceptors (Lipinski definition) is 3. The van der Waals surface area contributed by atoms with Gasteiger partial charge in [0.15, 0.2) is 5.78 Å². The van der Waals surface area contributed by atoms with Crippen molar-refractivity contribution < 1.29 is 9.53 Å². The van der Waals surface area contributed by atoms with Gasteiger partial charge in [-0.1, -0.05) is 29.3 Å². The quantitative estimate of drug-likeness (QED) is 0.856. The highest BCUT2D eigenvalue weighted by molar-refractivity contribution is 6.42. The summed E-state index contributed by atoms with van der Waals surface area (Å²) in [6, 6.07) is 5.10. The molecule has 0 spiro atoms. The third kappa shape index (κ3) is 3.04. The van der Waals surface area contributed by atoms with Crippen LogP contribution in [0.1, 0.15) is 18.5 Å². The summed E-state index contributed by atoms with van der Waals surface area (Å²) in [5.74, 6) is 0.107. The Balaban J connectivity index is 2.28. The minimum atomic E-state index is -0.260. The Kier molecular flexibility index (Phi) is 4.62. The van der Waals surface area contributed by atoms with Crippen LogP contribution in [0.3, 0.4) is 0 Å². The molecule has 1 aromatic carbocycles. The number of Topliss-reactive ketones (excluding diaryl/α,β-unsaturated/α-hetero) is 1. The zero-order valence-electron chi connectivity index (χ0n) is 10.2. The van der Waals surface area contributed by atoms with E-state index in [1.165, 1.54) is 0 Å². The van der Waals surface area contributed by atoms with Crippen molar-refractivity contribution in [2.24, 2.45) is 0 Å². The Bertz CT molecular complexity index is 445. The maximum absolute atomic E-state index is 11.9. The highest BCUT2D eigenvalue weighted by Crippen LogP contribution is 2.29. The summed E-state index contributed by atoms with van der Waals surface area (Å²) in [4.78, 5) is 14.0. The number of halogens is 2. The summed E-state index contributed by atoms with van der Waals surface area (Å²) in [5.41, 5.74) is 0.888. The van der Waals surface area contributed by atoms with E-state index in [-0.39, 0.29) is 11.8 Å². The summed E-state index contributed by atoms with van der Waals surface area (Å²) >= 11 is 11.9. The lowest BCUT2D eigenvalue weighted by Gasteiger charge is -2.33. The van der Waals surface area contributed by atoms with Gasteiger partial charge in [-0.25, -0.2) is 0 Å². The monoisotopic (exact) mass is 287 g/mol. The van der Waals surface area contributed by atoms with Crippen LogP contribution in [0.2, 0.25) is 10.0 Å². The van der Waals surface area contributed by atoms with E-state index in [0.717, 1.165) is 18.7 Å². The van der Waals surface area contributed by atoms with Crippen molar-refractivity contribution >= 4 is 29.0 Å². The molecule has 1 fully saturated rings.